The molecule has 5 nitrogen and oxygen atoms in total. The van der Waals surface area contributed by atoms with Gasteiger partial charge in [-0.2, -0.15) is 0 Å². The standard InChI is InChI=1S/C74H76N4O/c1-70(2,3)51-26-21-25-49(39-51)58-41-52(71(4,5)6)42-59(50-33-36-61-63(40-50)74(12,13)38-37-73(61,10)11)69(58)77-47-76(65-31-19-20-32-66(65)77)53-27-22-28-54(43-53)79-55-34-35-57-56-29-17-18-30-64(56)78(67(57)44-55)68-45-62(72(7,8)9)60(46-75-68)48-23-15-14-16-24-48/h14-36,39-46H,37-38,47H2,1-13H3/i14D,15D,16D,17D,18D,21D,23D,24D,25D,26D,29D,30D,33D,36D,39D,40D. The first kappa shape index (κ1) is 36.3. The van der Waals surface area contributed by atoms with E-state index in [1.165, 1.54) is 6.20 Å². The molecule has 1 aliphatic heterocycles. The van der Waals surface area contributed by atoms with E-state index in [4.69, 9.17) is 19.3 Å². The van der Waals surface area contributed by atoms with Crippen molar-refractivity contribution in [3.05, 3.63) is 216 Å². The Hall–Kier alpha value is -7.89. The molecule has 10 aromatic rings. The highest BCUT2D eigenvalue weighted by Gasteiger charge is 2.39. The van der Waals surface area contributed by atoms with Crippen LogP contribution in [0, 0.1) is 0 Å². The summed E-state index contributed by atoms with van der Waals surface area (Å²) in [5, 5.41) is 0.713. The molecule has 0 amide bonds. The van der Waals surface area contributed by atoms with Crippen LogP contribution in [-0.4, -0.2) is 16.2 Å². The van der Waals surface area contributed by atoms with E-state index in [2.05, 4.69) is 58.3 Å². The first-order valence-electron chi connectivity index (χ1n) is 35.2. The zero-order valence-corrected chi connectivity index (χ0v) is 47.5. The Balaban J connectivity index is 1.04. The molecular formula is C74H76N4O. The Morgan fingerprint density at radius 2 is 1.15 bits per heavy atom. The monoisotopic (exact) mass is 1050 g/mol. The summed E-state index contributed by atoms with van der Waals surface area (Å²) in [6, 6.07) is 21.6. The molecule has 12 rings (SSSR count). The van der Waals surface area contributed by atoms with Crippen LogP contribution < -0.4 is 14.5 Å². The number of nitrogens with zero attached hydrogens (tertiary/aromatic N) is 4. The molecule has 0 fully saturated rings. The number of fused-ring (bicyclic) bond motifs is 5. The van der Waals surface area contributed by atoms with Gasteiger partial charge in [0.1, 0.15) is 24.0 Å². The van der Waals surface area contributed by atoms with Gasteiger partial charge in [-0.05, 0) is 145 Å². The van der Waals surface area contributed by atoms with Crippen LogP contribution in [0.2, 0.25) is 0 Å². The minimum Gasteiger partial charge on any atom is -0.457 e. The maximum absolute atomic E-state index is 10.4. The molecule has 79 heavy (non-hydrogen) atoms. The third-order valence-electron chi connectivity index (χ3n) is 15.9. The van der Waals surface area contributed by atoms with Gasteiger partial charge in [0.05, 0.1) is 50.0 Å². The van der Waals surface area contributed by atoms with E-state index in [9.17, 15) is 12.3 Å². The summed E-state index contributed by atoms with van der Waals surface area (Å²) in [6.45, 7) is 26.1. The zero-order valence-electron chi connectivity index (χ0n) is 63.5. The van der Waals surface area contributed by atoms with Gasteiger partial charge in [0.25, 0.3) is 0 Å². The van der Waals surface area contributed by atoms with E-state index >= 15 is 0 Å². The largest absolute Gasteiger partial charge is 0.457 e. The van der Waals surface area contributed by atoms with Crippen LogP contribution >= 0.6 is 0 Å². The number of ether oxygens (including phenoxy) is 1. The van der Waals surface area contributed by atoms with E-state index in [1.54, 1.807) is 34.9 Å². The van der Waals surface area contributed by atoms with Crippen molar-refractivity contribution in [1.29, 1.82) is 0 Å². The molecule has 398 valence electrons. The van der Waals surface area contributed by atoms with Gasteiger partial charge in [-0.25, -0.2) is 4.98 Å². The maximum Gasteiger partial charge on any atom is 0.137 e. The summed E-state index contributed by atoms with van der Waals surface area (Å²) in [7, 11) is 0. The lowest BCUT2D eigenvalue weighted by Gasteiger charge is -2.42. The third-order valence-corrected chi connectivity index (χ3v) is 15.9. The van der Waals surface area contributed by atoms with Gasteiger partial charge in [-0.3, -0.25) is 4.57 Å². The summed E-state index contributed by atoms with van der Waals surface area (Å²) < 4.78 is 157. The van der Waals surface area contributed by atoms with Crippen molar-refractivity contribution in [2.45, 2.75) is 130 Å². The molecule has 5 heteroatoms. The first-order valence-corrected chi connectivity index (χ1v) is 27.2. The van der Waals surface area contributed by atoms with Gasteiger partial charge in [-0.15, -0.1) is 0 Å². The fourth-order valence-electron chi connectivity index (χ4n) is 11.3. The van der Waals surface area contributed by atoms with Gasteiger partial charge in [-0.1, -0.05) is 199 Å². The molecule has 0 spiro atoms. The van der Waals surface area contributed by atoms with Crippen LogP contribution in [0.4, 0.5) is 22.7 Å². The fraction of sp³-hybridized carbons (Fsp3) is 0.284. The summed E-state index contributed by atoms with van der Waals surface area (Å²) in [5.74, 6) is 0.980. The molecule has 0 radical (unpaired) electrons. The third kappa shape index (κ3) is 9.39. The van der Waals surface area contributed by atoms with E-state index < -0.39 is 69.4 Å². The van der Waals surface area contributed by atoms with E-state index in [0.29, 0.717) is 78.4 Å². The summed E-state index contributed by atoms with van der Waals surface area (Å²) in [5.41, 5.74) is 4.65. The number of pyridine rings is 1. The van der Waals surface area contributed by atoms with Crippen molar-refractivity contribution >= 4 is 44.6 Å². The highest BCUT2D eigenvalue weighted by molar-refractivity contribution is 6.09. The van der Waals surface area contributed by atoms with Gasteiger partial charge < -0.3 is 14.5 Å². The second-order valence-corrected chi connectivity index (χ2v) is 25.6. The number of aromatic nitrogens is 2. The molecule has 0 atom stereocenters. The number of rotatable bonds is 8. The highest BCUT2D eigenvalue weighted by Crippen LogP contribution is 2.54. The molecule has 2 aromatic heterocycles. The second kappa shape index (κ2) is 18.9. The number of benzene rings is 8. The Kier molecular flexibility index (Phi) is 8.69. The number of hydrogen-bond acceptors (Lipinski definition) is 4. The van der Waals surface area contributed by atoms with E-state index in [1.807, 2.05) is 96.1 Å². The van der Waals surface area contributed by atoms with Crippen molar-refractivity contribution in [3.63, 3.8) is 0 Å². The summed E-state index contributed by atoms with van der Waals surface area (Å²) in [4.78, 5) is 9.03. The van der Waals surface area contributed by atoms with Gasteiger partial charge >= 0.3 is 0 Å². The van der Waals surface area contributed by atoms with Crippen LogP contribution in [-0.2, 0) is 27.1 Å². The molecule has 8 aromatic carbocycles. The quantitative estimate of drug-likeness (QED) is 0.152. The first-order chi connectivity index (χ1) is 44.2. The van der Waals surface area contributed by atoms with Crippen molar-refractivity contribution in [2.75, 3.05) is 16.5 Å². The highest BCUT2D eigenvalue weighted by atomic mass is 16.5. The maximum atomic E-state index is 10.4. The van der Waals surface area contributed by atoms with Crippen molar-refractivity contribution < 1.29 is 26.7 Å². The van der Waals surface area contributed by atoms with E-state index in [0.717, 1.165) is 24.1 Å². The lowest BCUT2D eigenvalue weighted by molar-refractivity contribution is 0.332. The fourth-order valence-corrected chi connectivity index (χ4v) is 11.3. The Morgan fingerprint density at radius 1 is 0.506 bits per heavy atom. The Bertz CT molecular complexity index is 4920. The van der Waals surface area contributed by atoms with Gasteiger partial charge in [0.15, 0.2) is 0 Å². The summed E-state index contributed by atoms with van der Waals surface area (Å²) >= 11 is 0. The normalized spacial score (nSPS) is 18.0. The Morgan fingerprint density at radius 3 is 1.86 bits per heavy atom. The van der Waals surface area contributed by atoms with Crippen LogP contribution in [0.5, 0.6) is 11.5 Å². The Labute approximate surface area is 492 Å². The molecule has 0 N–H and O–H groups in total. The van der Waals surface area contributed by atoms with Gasteiger partial charge in [0, 0.05) is 51.5 Å². The average Bonchev–Trinajstić information content (AvgIpc) is 1.68. The molecule has 3 heterocycles. The molecule has 0 bridgehead atoms. The summed E-state index contributed by atoms with van der Waals surface area (Å²) in [6.07, 6.45) is 2.97. The average molecular weight is 1050 g/mol. The van der Waals surface area contributed by atoms with Crippen LogP contribution in [0.15, 0.2) is 188 Å². The minimum atomic E-state index is -0.789. The number of anilines is 4. The van der Waals surface area contributed by atoms with E-state index in [-0.39, 0.29) is 94.5 Å². The predicted octanol–water partition coefficient (Wildman–Crippen LogP) is 20.5. The zero-order chi connectivity index (χ0) is 69.3. The van der Waals surface area contributed by atoms with Crippen molar-refractivity contribution in [3.8, 4) is 50.7 Å². The smallest absolute Gasteiger partial charge is 0.137 e. The number of para-hydroxylation sites is 3. The molecule has 0 saturated heterocycles. The molecule has 0 unspecified atom stereocenters. The lowest BCUT2D eigenvalue weighted by atomic mass is 9.63. The second-order valence-electron chi connectivity index (χ2n) is 25.6. The number of hydrogen-bond donors (Lipinski definition) is 0. The lowest BCUT2D eigenvalue weighted by Crippen LogP contribution is -2.33. The van der Waals surface area contributed by atoms with Crippen molar-refractivity contribution in [1.82, 2.24) is 9.55 Å². The van der Waals surface area contributed by atoms with Crippen LogP contribution in [0.1, 0.15) is 153 Å². The molecular weight excluding hydrogens is 961 g/mol. The molecule has 2 aliphatic rings. The predicted molar refractivity (Wildman–Crippen MR) is 335 cm³/mol. The van der Waals surface area contributed by atoms with Crippen molar-refractivity contribution in [2.24, 2.45) is 0 Å². The van der Waals surface area contributed by atoms with Gasteiger partial charge in [0.2, 0.25) is 0 Å². The minimum absolute atomic E-state index is 0.0245. The van der Waals surface area contributed by atoms with Crippen LogP contribution in [0.25, 0.3) is 61.0 Å². The molecule has 0 saturated carbocycles. The topological polar surface area (TPSA) is 33.5 Å². The molecule has 1 aliphatic carbocycles. The SMILES string of the molecule is [2H]c1c([2H])c([2H])c(-c2cnc(-n3c4cc(Oc5cccc(N6CN(c7c(-c8c([2H])c([2H])c([2H])c(C(C)(C)C)c8[2H])cc(C(C)(C)C)cc7-c7c([2H])c([2H])c8c(c7[2H])C(C)(C)CCC8(C)C)c7ccccc76)c5)ccc4c4c([2H])c([2H])c([2H])c([2H])c43)cc2C(C)(C)C)c([2H])c1[2H]. The van der Waals surface area contributed by atoms with Crippen LogP contribution in [0.3, 0.4) is 0 Å².